The maximum absolute atomic E-state index is 10.0. The SMILES string of the molecule is CCCCc1ccc(C(C)CN=C=O)cc1. The van der Waals surface area contributed by atoms with E-state index in [1.807, 2.05) is 0 Å². The van der Waals surface area contributed by atoms with Crippen LogP contribution in [0, 0.1) is 0 Å². The number of benzene rings is 1. The van der Waals surface area contributed by atoms with E-state index in [2.05, 4.69) is 43.1 Å². The quantitative estimate of drug-likeness (QED) is 0.530. The highest BCUT2D eigenvalue weighted by Gasteiger charge is 2.04. The van der Waals surface area contributed by atoms with Gasteiger partial charge in [0.15, 0.2) is 0 Å². The number of isocyanates is 1. The molecule has 0 bridgehead atoms. The Morgan fingerprint density at radius 2 is 2.00 bits per heavy atom. The molecule has 0 aromatic heterocycles. The molecule has 0 aliphatic heterocycles. The molecule has 2 nitrogen and oxygen atoms in total. The Bertz CT molecular complexity index is 350. The van der Waals surface area contributed by atoms with Crippen molar-refractivity contribution < 1.29 is 4.79 Å². The first kappa shape index (κ1) is 12.7. The van der Waals surface area contributed by atoms with Gasteiger partial charge in [-0.1, -0.05) is 44.5 Å². The van der Waals surface area contributed by atoms with Crippen molar-refractivity contribution >= 4 is 6.08 Å². The van der Waals surface area contributed by atoms with Crippen LogP contribution in [0.15, 0.2) is 29.3 Å². The predicted octanol–water partition coefficient (Wildman–Crippen LogP) is 3.47. The molecule has 0 radical (unpaired) electrons. The lowest BCUT2D eigenvalue weighted by molar-refractivity contribution is 0.561. The molecule has 0 fully saturated rings. The number of hydrogen-bond donors (Lipinski definition) is 0. The van der Waals surface area contributed by atoms with Crippen molar-refractivity contribution in [3.05, 3.63) is 35.4 Å². The highest BCUT2D eigenvalue weighted by molar-refractivity contribution is 5.33. The zero-order valence-corrected chi connectivity index (χ0v) is 10.1. The molecule has 0 saturated carbocycles. The number of rotatable bonds is 6. The smallest absolute Gasteiger partial charge is 0.211 e. The average Bonchev–Trinajstić information content (AvgIpc) is 2.34. The van der Waals surface area contributed by atoms with Crippen molar-refractivity contribution in [2.75, 3.05) is 6.54 Å². The summed E-state index contributed by atoms with van der Waals surface area (Å²) in [6, 6.07) is 8.62. The molecular formula is C14H19NO. The zero-order valence-electron chi connectivity index (χ0n) is 10.1. The van der Waals surface area contributed by atoms with Gasteiger partial charge in [-0.2, -0.15) is 0 Å². The fourth-order valence-corrected chi connectivity index (χ4v) is 1.67. The third kappa shape index (κ3) is 4.00. The van der Waals surface area contributed by atoms with Gasteiger partial charge in [-0.25, -0.2) is 9.79 Å². The van der Waals surface area contributed by atoms with Gasteiger partial charge in [0.05, 0.1) is 6.54 Å². The summed E-state index contributed by atoms with van der Waals surface area (Å²) in [5, 5.41) is 0. The standard InChI is InChI=1S/C14H19NO/c1-3-4-5-13-6-8-14(9-7-13)12(2)10-15-11-16/h6-9,12H,3-5,10H2,1-2H3. The lowest BCUT2D eigenvalue weighted by Gasteiger charge is -2.08. The Morgan fingerprint density at radius 3 is 2.56 bits per heavy atom. The number of unbranched alkanes of at least 4 members (excludes halogenated alkanes) is 1. The van der Waals surface area contributed by atoms with Crippen molar-refractivity contribution in [2.45, 2.75) is 39.0 Å². The van der Waals surface area contributed by atoms with Gasteiger partial charge in [0, 0.05) is 5.92 Å². The van der Waals surface area contributed by atoms with Gasteiger partial charge in [-0.3, -0.25) is 0 Å². The third-order valence-corrected chi connectivity index (χ3v) is 2.80. The van der Waals surface area contributed by atoms with E-state index in [0.717, 1.165) is 6.42 Å². The van der Waals surface area contributed by atoms with Crippen molar-refractivity contribution in [3.8, 4) is 0 Å². The Labute approximate surface area is 97.4 Å². The average molecular weight is 217 g/mol. The van der Waals surface area contributed by atoms with E-state index in [1.165, 1.54) is 24.0 Å². The molecule has 0 aliphatic rings. The van der Waals surface area contributed by atoms with Gasteiger partial charge in [0.1, 0.15) is 0 Å². The maximum atomic E-state index is 10.0. The minimum atomic E-state index is 0.293. The van der Waals surface area contributed by atoms with Crippen LogP contribution in [-0.4, -0.2) is 12.6 Å². The van der Waals surface area contributed by atoms with Gasteiger partial charge in [0.25, 0.3) is 0 Å². The van der Waals surface area contributed by atoms with Crippen LogP contribution in [-0.2, 0) is 11.2 Å². The number of carbonyl (C=O) groups excluding carboxylic acids is 1. The Morgan fingerprint density at radius 1 is 1.31 bits per heavy atom. The summed E-state index contributed by atoms with van der Waals surface area (Å²) in [6.45, 7) is 4.80. The number of nitrogens with zero attached hydrogens (tertiary/aromatic N) is 1. The van der Waals surface area contributed by atoms with E-state index < -0.39 is 0 Å². The summed E-state index contributed by atoms with van der Waals surface area (Å²) >= 11 is 0. The molecule has 2 heteroatoms. The lowest BCUT2D eigenvalue weighted by Crippen LogP contribution is -1.97. The molecular weight excluding hydrogens is 198 g/mol. The number of hydrogen-bond acceptors (Lipinski definition) is 2. The summed E-state index contributed by atoms with van der Waals surface area (Å²) in [4.78, 5) is 13.6. The highest BCUT2D eigenvalue weighted by Crippen LogP contribution is 2.16. The van der Waals surface area contributed by atoms with Crippen molar-refractivity contribution in [1.82, 2.24) is 0 Å². The van der Waals surface area contributed by atoms with Crippen LogP contribution in [0.5, 0.6) is 0 Å². The van der Waals surface area contributed by atoms with Crippen LogP contribution in [0.3, 0.4) is 0 Å². The molecule has 16 heavy (non-hydrogen) atoms. The van der Waals surface area contributed by atoms with Crippen LogP contribution in [0.25, 0.3) is 0 Å². The molecule has 0 aliphatic carbocycles. The second-order valence-electron chi connectivity index (χ2n) is 4.18. The first-order valence-electron chi connectivity index (χ1n) is 5.90. The van der Waals surface area contributed by atoms with Crippen LogP contribution >= 0.6 is 0 Å². The zero-order chi connectivity index (χ0) is 11.8. The molecule has 1 aromatic carbocycles. The lowest BCUT2D eigenvalue weighted by atomic mass is 9.98. The Balaban J connectivity index is 2.59. The Hall–Kier alpha value is -1.40. The minimum Gasteiger partial charge on any atom is -0.211 e. The van der Waals surface area contributed by atoms with Gasteiger partial charge in [-0.05, 0) is 24.0 Å². The highest BCUT2D eigenvalue weighted by atomic mass is 16.1. The topological polar surface area (TPSA) is 29.4 Å². The maximum Gasteiger partial charge on any atom is 0.234 e. The van der Waals surface area contributed by atoms with E-state index >= 15 is 0 Å². The van der Waals surface area contributed by atoms with E-state index in [4.69, 9.17) is 0 Å². The Kier molecular flexibility index (Phi) is 5.52. The molecule has 1 rings (SSSR count). The van der Waals surface area contributed by atoms with Gasteiger partial charge in [-0.15, -0.1) is 0 Å². The van der Waals surface area contributed by atoms with Crippen molar-refractivity contribution in [2.24, 2.45) is 4.99 Å². The van der Waals surface area contributed by atoms with Gasteiger partial charge in [0.2, 0.25) is 6.08 Å². The number of aryl methyl sites for hydroxylation is 1. The first-order valence-corrected chi connectivity index (χ1v) is 5.90. The summed E-state index contributed by atoms with van der Waals surface area (Å²) in [6.07, 6.45) is 5.20. The first-order chi connectivity index (χ1) is 7.77. The van der Waals surface area contributed by atoms with Crippen LogP contribution in [0.4, 0.5) is 0 Å². The molecule has 0 saturated heterocycles. The van der Waals surface area contributed by atoms with Crippen LogP contribution in [0.1, 0.15) is 43.7 Å². The van der Waals surface area contributed by atoms with Gasteiger partial charge >= 0.3 is 0 Å². The fraction of sp³-hybridized carbons (Fsp3) is 0.500. The summed E-state index contributed by atoms with van der Waals surface area (Å²) < 4.78 is 0. The molecule has 0 amide bonds. The normalized spacial score (nSPS) is 11.9. The second-order valence-corrected chi connectivity index (χ2v) is 4.18. The third-order valence-electron chi connectivity index (χ3n) is 2.80. The predicted molar refractivity (Wildman–Crippen MR) is 66.5 cm³/mol. The van der Waals surface area contributed by atoms with E-state index in [0.29, 0.717) is 12.5 Å². The van der Waals surface area contributed by atoms with E-state index in [1.54, 1.807) is 6.08 Å². The van der Waals surface area contributed by atoms with Crippen LogP contribution < -0.4 is 0 Å². The molecule has 0 N–H and O–H groups in total. The number of aliphatic imine (C=N–C) groups is 1. The van der Waals surface area contributed by atoms with E-state index in [-0.39, 0.29) is 0 Å². The minimum absolute atomic E-state index is 0.293. The van der Waals surface area contributed by atoms with Crippen LogP contribution in [0.2, 0.25) is 0 Å². The largest absolute Gasteiger partial charge is 0.234 e. The molecule has 1 atom stereocenters. The van der Waals surface area contributed by atoms with Gasteiger partial charge < -0.3 is 0 Å². The van der Waals surface area contributed by atoms with E-state index in [9.17, 15) is 4.79 Å². The fourth-order valence-electron chi connectivity index (χ4n) is 1.67. The summed E-state index contributed by atoms with van der Waals surface area (Å²) in [7, 11) is 0. The van der Waals surface area contributed by atoms with Crippen molar-refractivity contribution in [1.29, 1.82) is 0 Å². The molecule has 1 aromatic rings. The molecule has 0 spiro atoms. The van der Waals surface area contributed by atoms with Crippen molar-refractivity contribution in [3.63, 3.8) is 0 Å². The summed E-state index contributed by atoms with van der Waals surface area (Å²) in [5.74, 6) is 0.293. The monoisotopic (exact) mass is 217 g/mol. The summed E-state index contributed by atoms with van der Waals surface area (Å²) in [5.41, 5.74) is 2.62. The molecule has 1 unspecified atom stereocenters. The second kappa shape index (κ2) is 6.97. The molecule has 86 valence electrons. The molecule has 0 heterocycles.